The Morgan fingerprint density at radius 3 is 2.64 bits per heavy atom. The van der Waals surface area contributed by atoms with E-state index in [1.54, 1.807) is 31.5 Å². The molecule has 1 amide bonds. The van der Waals surface area contributed by atoms with Gasteiger partial charge < -0.3 is 13.9 Å². The summed E-state index contributed by atoms with van der Waals surface area (Å²) < 4.78 is 16.1. The van der Waals surface area contributed by atoms with Crippen molar-refractivity contribution in [3.05, 3.63) is 59.9 Å². The third-order valence-electron chi connectivity index (χ3n) is 3.52. The van der Waals surface area contributed by atoms with Crippen molar-refractivity contribution < 1.29 is 18.7 Å². The standard InChI is InChI=1S/C19H18N2O4/c1-3-24-16-8-9-17-14(10-16)11-18(25-17)19(22)21-20-12-13-4-6-15(23-2)7-5-13/h4-12H,3H2,1-2H3,(H,21,22)/b20-12+. The van der Waals surface area contributed by atoms with Crippen LogP contribution in [-0.4, -0.2) is 25.8 Å². The van der Waals surface area contributed by atoms with Gasteiger partial charge in [0.15, 0.2) is 5.76 Å². The molecule has 0 atom stereocenters. The predicted octanol–water partition coefficient (Wildman–Crippen LogP) is 3.60. The first-order valence-electron chi connectivity index (χ1n) is 7.83. The van der Waals surface area contributed by atoms with Crippen LogP contribution in [0.25, 0.3) is 11.0 Å². The van der Waals surface area contributed by atoms with Crippen molar-refractivity contribution in [3.8, 4) is 11.5 Å². The lowest BCUT2D eigenvalue weighted by Crippen LogP contribution is -2.16. The molecular formula is C19H18N2O4. The summed E-state index contributed by atoms with van der Waals surface area (Å²) in [6.07, 6.45) is 1.55. The first-order chi connectivity index (χ1) is 12.2. The van der Waals surface area contributed by atoms with Crippen molar-refractivity contribution in [1.82, 2.24) is 5.43 Å². The molecule has 0 aliphatic heterocycles. The molecule has 128 valence electrons. The van der Waals surface area contributed by atoms with Gasteiger partial charge in [-0.1, -0.05) is 0 Å². The van der Waals surface area contributed by atoms with Crippen LogP contribution in [0, 0.1) is 0 Å². The molecule has 3 aromatic rings. The van der Waals surface area contributed by atoms with Crippen LogP contribution in [0.3, 0.4) is 0 Å². The van der Waals surface area contributed by atoms with Gasteiger partial charge >= 0.3 is 5.91 Å². The summed E-state index contributed by atoms with van der Waals surface area (Å²) in [5.41, 5.74) is 3.91. The Hall–Kier alpha value is -3.28. The van der Waals surface area contributed by atoms with Gasteiger partial charge in [0.1, 0.15) is 17.1 Å². The Balaban J connectivity index is 1.67. The fraction of sp³-hybridized carbons (Fsp3) is 0.158. The molecule has 1 heterocycles. The Morgan fingerprint density at radius 2 is 1.92 bits per heavy atom. The number of rotatable bonds is 6. The number of amides is 1. The molecule has 0 saturated heterocycles. The van der Waals surface area contributed by atoms with Crippen LogP contribution < -0.4 is 14.9 Å². The number of hydrogen-bond donors (Lipinski definition) is 1. The number of benzene rings is 2. The molecule has 0 fully saturated rings. The second-order valence-corrected chi connectivity index (χ2v) is 5.22. The van der Waals surface area contributed by atoms with Gasteiger partial charge in [0.2, 0.25) is 0 Å². The van der Waals surface area contributed by atoms with Gasteiger partial charge in [-0.05, 0) is 61.0 Å². The highest BCUT2D eigenvalue weighted by atomic mass is 16.5. The maximum absolute atomic E-state index is 12.1. The molecule has 1 aromatic heterocycles. The maximum atomic E-state index is 12.1. The van der Waals surface area contributed by atoms with E-state index in [1.165, 1.54) is 0 Å². The SMILES string of the molecule is CCOc1ccc2oc(C(=O)N/N=C/c3ccc(OC)cc3)cc2c1. The zero-order valence-electron chi connectivity index (χ0n) is 14.0. The molecule has 2 aromatic carbocycles. The molecule has 0 aliphatic rings. The van der Waals surface area contributed by atoms with Gasteiger partial charge in [0.25, 0.3) is 0 Å². The average Bonchev–Trinajstić information content (AvgIpc) is 3.06. The van der Waals surface area contributed by atoms with Gasteiger partial charge in [-0.3, -0.25) is 4.79 Å². The van der Waals surface area contributed by atoms with Gasteiger partial charge in [-0.15, -0.1) is 0 Å². The van der Waals surface area contributed by atoms with E-state index in [9.17, 15) is 4.79 Å². The number of nitrogens with zero attached hydrogens (tertiary/aromatic N) is 1. The van der Waals surface area contributed by atoms with Crippen LogP contribution in [0.2, 0.25) is 0 Å². The van der Waals surface area contributed by atoms with Gasteiger partial charge in [0.05, 0.1) is 19.9 Å². The fourth-order valence-corrected chi connectivity index (χ4v) is 2.30. The Kier molecular flexibility index (Phi) is 4.99. The summed E-state index contributed by atoms with van der Waals surface area (Å²) >= 11 is 0. The summed E-state index contributed by atoms with van der Waals surface area (Å²) in [4.78, 5) is 12.1. The highest BCUT2D eigenvalue weighted by molar-refractivity contribution is 5.96. The van der Waals surface area contributed by atoms with Crippen LogP contribution in [0.5, 0.6) is 11.5 Å². The number of furan rings is 1. The minimum absolute atomic E-state index is 0.190. The normalized spacial score (nSPS) is 11.0. The third-order valence-corrected chi connectivity index (χ3v) is 3.52. The van der Waals surface area contributed by atoms with Gasteiger partial charge in [-0.2, -0.15) is 5.10 Å². The van der Waals surface area contributed by atoms with E-state index in [0.29, 0.717) is 12.2 Å². The minimum atomic E-state index is -0.418. The Labute approximate surface area is 145 Å². The number of carbonyl (C=O) groups is 1. The molecule has 6 nitrogen and oxygen atoms in total. The van der Waals surface area contributed by atoms with Crippen LogP contribution >= 0.6 is 0 Å². The lowest BCUT2D eigenvalue weighted by atomic mass is 10.2. The molecule has 0 saturated carbocycles. The van der Waals surface area contributed by atoms with Crippen molar-refractivity contribution in [3.63, 3.8) is 0 Å². The molecule has 3 rings (SSSR count). The largest absolute Gasteiger partial charge is 0.497 e. The molecular weight excluding hydrogens is 320 g/mol. The Morgan fingerprint density at radius 1 is 1.16 bits per heavy atom. The molecule has 0 spiro atoms. The van der Waals surface area contributed by atoms with E-state index in [-0.39, 0.29) is 5.76 Å². The number of ether oxygens (including phenoxy) is 2. The van der Waals surface area contributed by atoms with Crippen molar-refractivity contribution in [2.75, 3.05) is 13.7 Å². The highest BCUT2D eigenvalue weighted by Gasteiger charge is 2.12. The van der Waals surface area contributed by atoms with E-state index in [0.717, 1.165) is 22.4 Å². The van der Waals surface area contributed by atoms with Crippen LogP contribution in [-0.2, 0) is 0 Å². The number of hydrazone groups is 1. The number of hydrogen-bond acceptors (Lipinski definition) is 5. The van der Waals surface area contributed by atoms with E-state index in [1.807, 2.05) is 37.3 Å². The first kappa shape index (κ1) is 16.6. The van der Waals surface area contributed by atoms with Gasteiger partial charge in [0, 0.05) is 5.39 Å². The summed E-state index contributed by atoms with van der Waals surface area (Å²) in [6, 6.07) is 14.4. The zero-order valence-corrected chi connectivity index (χ0v) is 14.0. The van der Waals surface area contributed by atoms with Crippen LogP contribution in [0.4, 0.5) is 0 Å². The average molecular weight is 338 g/mol. The second kappa shape index (κ2) is 7.53. The van der Waals surface area contributed by atoms with Crippen LogP contribution in [0.1, 0.15) is 23.0 Å². The number of fused-ring (bicyclic) bond motifs is 1. The summed E-state index contributed by atoms with van der Waals surface area (Å²) in [5, 5.41) is 4.74. The zero-order chi connectivity index (χ0) is 17.6. The summed E-state index contributed by atoms with van der Waals surface area (Å²) in [7, 11) is 1.61. The molecule has 0 bridgehead atoms. The summed E-state index contributed by atoms with van der Waals surface area (Å²) in [6.45, 7) is 2.50. The molecule has 1 N–H and O–H groups in total. The topological polar surface area (TPSA) is 73.1 Å². The maximum Gasteiger partial charge on any atom is 0.307 e. The minimum Gasteiger partial charge on any atom is -0.497 e. The smallest absolute Gasteiger partial charge is 0.307 e. The molecule has 25 heavy (non-hydrogen) atoms. The fourth-order valence-electron chi connectivity index (χ4n) is 2.30. The third kappa shape index (κ3) is 3.98. The van der Waals surface area contributed by atoms with Crippen molar-refractivity contribution in [2.45, 2.75) is 6.92 Å². The lowest BCUT2D eigenvalue weighted by Gasteiger charge is -2.00. The number of carbonyl (C=O) groups excluding carboxylic acids is 1. The molecule has 0 radical (unpaired) electrons. The highest BCUT2D eigenvalue weighted by Crippen LogP contribution is 2.24. The number of methoxy groups -OCH3 is 1. The Bertz CT molecular complexity index is 897. The quantitative estimate of drug-likeness (QED) is 0.550. The van der Waals surface area contributed by atoms with E-state index >= 15 is 0 Å². The van der Waals surface area contributed by atoms with Crippen molar-refractivity contribution >= 4 is 23.1 Å². The van der Waals surface area contributed by atoms with E-state index < -0.39 is 5.91 Å². The predicted molar refractivity (Wildman–Crippen MR) is 95.4 cm³/mol. The molecule has 0 aliphatic carbocycles. The van der Waals surface area contributed by atoms with Gasteiger partial charge in [-0.25, -0.2) is 5.43 Å². The van der Waals surface area contributed by atoms with Crippen molar-refractivity contribution in [1.29, 1.82) is 0 Å². The summed E-state index contributed by atoms with van der Waals surface area (Å²) in [5.74, 6) is 1.27. The molecule has 6 heteroatoms. The second-order valence-electron chi connectivity index (χ2n) is 5.22. The van der Waals surface area contributed by atoms with Crippen molar-refractivity contribution in [2.24, 2.45) is 5.10 Å². The van der Waals surface area contributed by atoms with Crippen LogP contribution in [0.15, 0.2) is 58.0 Å². The number of nitrogens with one attached hydrogen (secondary N) is 1. The first-order valence-corrected chi connectivity index (χ1v) is 7.83. The molecule has 0 unspecified atom stereocenters. The van der Waals surface area contributed by atoms with E-state index in [4.69, 9.17) is 13.9 Å². The lowest BCUT2D eigenvalue weighted by molar-refractivity contribution is 0.0929. The monoisotopic (exact) mass is 338 g/mol. The van der Waals surface area contributed by atoms with E-state index in [2.05, 4.69) is 10.5 Å².